The number of benzene rings is 1. The molecule has 1 atom stereocenters. The second kappa shape index (κ2) is 7.05. The fraction of sp³-hybridized carbons (Fsp3) is 0.400. The van der Waals surface area contributed by atoms with Crippen LogP contribution in [0.4, 0.5) is 0 Å². The molecule has 0 bridgehead atoms. The largest absolute Gasteiger partial charge is 0.492 e. The molecule has 1 unspecified atom stereocenters. The number of fused-ring (bicyclic) bond motifs is 3. The minimum absolute atomic E-state index is 0.0688. The number of nitrogens with zero attached hydrogens (tertiary/aromatic N) is 2. The van der Waals surface area contributed by atoms with Crippen molar-refractivity contribution in [3.63, 3.8) is 0 Å². The summed E-state index contributed by atoms with van der Waals surface area (Å²) in [5.41, 5.74) is 1.30. The quantitative estimate of drug-likeness (QED) is 0.654. The lowest BCUT2D eigenvalue weighted by atomic mass is 9.89. The second-order valence-electron chi connectivity index (χ2n) is 6.95. The molecule has 0 fully saturated rings. The van der Waals surface area contributed by atoms with Crippen LogP contribution < -0.4 is 10.3 Å². The van der Waals surface area contributed by atoms with Crippen LogP contribution >= 0.6 is 22.9 Å². The molecule has 0 saturated carbocycles. The molecule has 0 radical (unpaired) electrons. The van der Waals surface area contributed by atoms with Crippen LogP contribution in [0, 0.1) is 12.8 Å². The van der Waals surface area contributed by atoms with Crippen molar-refractivity contribution in [2.45, 2.75) is 39.7 Å². The molecule has 26 heavy (non-hydrogen) atoms. The maximum absolute atomic E-state index is 13.1. The van der Waals surface area contributed by atoms with Crippen LogP contribution in [0.25, 0.3) is 10.2 Å². The van der Waals surface area contributed by atoms with Gasteiger partial charge in [-0.2, -0.15) is 0 Å². The number of thiophene rings is 1. The predicted octanol–water partition coefficient (Wildman–Crippen LogP) is 4.62. The molecular weight excluding hydrogens is 368 g/mol. The monoisotopic (exact) mass is 388 g/mol. The smallest absolute Gasteiger partial charge is 0.262 e. The maximum atomic E-state index is 13.1. The molecule has 2 heterocycles. The Balaban J connectivity index is 1.61. The molecule has 1 aliphatic carbocycles. The normalized spacial score (nSPS) is 16.7. The lowest BCUT2D eigenvalue weighted by Crippen LogP contribution is -2.27. The second-order valence-corrected chi connectivity index (χ2v) is 8.47. The standard InChI is InChI=1S/C20H21ClN2O2S/c1-12-3-8-16-17(11-12)26-19-18(16)20(24)23(13(2)22-19)9-10-25-15-6-4-14(21)5-7-15/h4-7,12H,3,8-11H2,1-2H3. The highest BCUT2D eigenvalue weighted by atomic mass is 35.5. The molecule has 0 spiro atoms. The van der Waals surface area contributed by atoms with Crippen LogP contribution in [-0.4, -0.2) is 16.2 Å². The van der Waals surface area contributed by atoms with Gasteiger partial charge >= 0.3 is 0 Å². The van der Waals surface area contributed by atoms with Gasteiger partial charge in [0.1, 0.15) is 23.0 Å². The Kier molecular flexibility index (Phi) is 4.76. The first kappa shape index (κ1) is 17.6. The van der Waals surface area contributed by atoms with E-state index in [0.29, 0.717) is 24.1 Å². The molecule has 2 aromatic heterocycles. The number of ether oxygens (including phenoxy) is 1. The Labute approximate surface area is 161 Å². The highest BCUT2D eigenvalue weighted by Crippen LogP contribution is 2.35. The summed E-state index contributed by atoms with van der Waals surface area (Å²) in [6.45, 7) is 5.07. The van der Waals surface area contributed by atoms with Gasteiger partial charge in [0.2, 0.25) is 0 Å². The number of halogens is 1. The summed E-state index contributed by atoms with van der Waals surface area (Å²) in [5, 5.41) is 1.50. The number of aromatic nitrogens is 2. The zero-order valence-corrected chi connectivity index (χ0v) is 16.5. The Morgan fingerprint density at radius 2 is 2.12 bits per heavy atom. The predicted molar refractivity (Wildman–Crippen MR) is 107 cm³/mol. The van der Waals surface area contributed by atoms with Crippen molar-refractivity contribution in [1.29, 1.82) is 0 Å². The Morgan fingerprint density at radius 1 is 1.35 bits per heavy atom. The van der Waals surface area contributed by atoms with E-state index in [1.54, 1.807) is 28.0 Å². The summed E-state index contributed by atoms with van der Waals surface area (Å²) >= 11 is 7.58. The third kappa shape index (κ3) is 3.26. The van der Waals surface area contributed by atoms with Crippen molar-refractivity contribution in [1.82, 2.24) is 9.55 Å². The van der Waals surface area contributed by atoms with Crippen LogP contribution in [0.5, 0.6) is 5.75 Å². The zero-order chi connectivity index (χ0) is 18.3. The third-order valence-corrected chi connectivity index (χ3v) is 6.40. The zero-order valence-electron chi connectivity index (χ0n) is 14.9. The Hall–Kier alpha value is -1.85. The van der Waals surface area contributed by atoms with E-state index < -0.39 is 0 Å². The minimum Gasteiger partial charge on any atom is -0.492 e. The first-order valence-corrected chi connectivity index (χ1v) is 10.1. The van der Waals surface area contributed by atoms with Gasteiger partial charge in [-0.05, 0) is 61.9 Å². The molecule has 4 nitrogen and oxygen atoms in total. The van der Waals surface area contributed by atoms with Gasteiger partial charge in [0.15, 0.2) is 0 Å². The van der Waals surface area contributed by atoms with Crippen LogP contribution in [0.3, 0.4) is 0 Å². The van der Waals surface area contributed by atoms with Crippen molar-refractivity contribution in [2.75, 3.05) is 6.61 Å². The van der Waals surface area contributed by atoms with Crippen molar-refractivity contribution in [2.24, 2.45) is 5.92 Å². The Morgan fingerprint density at radius 3 is 2.88 bits per heavy atom. The highest BCUT2D eigenvalue weighted by molar-refractivity contribution is 7.18. The average Bonchev–Trinajstić information content (AvgIpc) is 2.96. The topological polar surface area (TPSA) is 44.1 Å². The van der Waals surface area contributed by atoms with Crippen LogP contribution in [-0.2, 0) is 19.4 Å². The van der Waals surface area contributed by atoms with Crippen LogP contribution in [0.15, 0.2) is 29.1 Å². The van der Waals surface area contributed by atoms with E-state index in [1.807, 2.05) is 19.1 Å². The van der Waals surface area contributed by atoms with E-state index in [1.165, 1.54) is 10.4 Å². The van der Waals surface area contributed by atoms with Crippen LogP contribution in [0.1, 0.15) is 29.6 Å². The SMILES string of the molecule is Cc1nc2sc3c(c2c(=O)n1CCOc1ccc(Cl)cc1)CCC(C)C3. The molecule has 0 amide bonds. The van der Waals surface area contributed by atoms with Crippen molar-refractivity contribution < 1.29 is 4.74 Å². The van der Waals surface area contributed by atoms with Gasteiger partial charge in [-0.1, -0.05) is 18.5 Å². The van der Waals surface area contributed by atoms with Gasteiger partial charge in [0, 0.05) is 9.90 Å². The molecule has 0 aliphatic heterocycles. The first-order chi connectivity index (χ1) is 12.5. The summed E-state index contributed by atoms with van der Waals surface area (Å²) < 4.78 is 7.49. The average molecular weight is 389 g/mol. The van der Waals surface area contributed by atoms with Crippen molar-refractivity contribution in [3.8, 4) is 5.75 Å². The Bertz CT molecular complexity index is 1010. The maximum Gasteiger partial charge on any atom is 0.262 e. The number of rotatable bonds is 4. The van der Waals surface area contributed by atoms with E-state index >= 15 is 0 Å². The van der Waals surface area contributed by atoms with E-state index in [0.717, 1.165) is 41.1 Å². The molecule has 6 heteroatoms. The van der Waals surface area contributed by atoms with Gasteiger partial charge < -0.3 is 4.74 Å². The molecule has 1 aliphatic rings. The van der Waals surface area contributed by atoms with Crippen molar-refractivity contribution >= 4 is 33.2 Å². The van der Waals surface area contributed by atoms with Gasteiger partial charge in [-0.3, -0.25) is 9.36 Å². The first-order valence-electron chi connectivity index (χ1n) is 8.93. The molecule has 3 aromatic rings. The van der Waals surface area contributed by atoms with E-state index in [-0.39, 0.29) is 5.56 Å². The lowest BCUT2D eigenvalue weighted by molar-refractivity contribution is 0.294. The minimum atomic E-state index is 0.0688. The van der Waals surface area contributed by atoms with E-state index in [2.05, 4.69) is 6.92 Å². The molecule has 0 N–H and O–H groups in total. The van der Waals surface area contributed by atoms with E-state index in [9.17, 15) is 4.79 Å². The molecule has 136 valence electrons. The summed E-state index contributed by atoms with van der Waals surface area (Å²) in [5.74, 6) is 2.18. The lowest BCUT2D eigenvalue weighted by Gasteiger charge is -2.17. The summed E-state index contributed by atoms with van der Waals surface area (Å²) in [6, 6.07) is 7.24. The molecule has 1 aromatic carbocycles. The van der Waals surface area contributed by atoms with Gasteiger partial charge in [0.25, 0.3) is 5.56 Å². The van der Waals surface area contributed by atoms with Gasteiger partial charge in [0.05, 0.1) is 11.9 Å². The van der Waals surface area contributed by atoms with Gasteiger partial charge in [-0.15, -0.1) is 11.3 Å². The highest BCUT2D eigenvalue weighted by Gasteiger charge is 2.23. The molecular formula is C20H21ClN2O2S. The van der Waals surface area contributed by atoms with Gasteiger partial charge in [-0.25, -0.2) is 4.98 Å². The summed E-state index contributed by atoms with van der Waals surface area (Å²) in [4.78, 5) is 20.1. The summed E-state index contributed by atoms with van der Waals surface area (Å²) in [7, 11) is 0. The molecule has 0 saturated heterocycles. The summed E-state index contributed by atoms with van der Waals surface area (Å²) in [6.07, 6.45) is 3.19. The third-order valence-electron chi connectivity index (χ3n) is 5.00. The van der Waals surface area contributed by atoms with Crippen molar-refractivity contribution in [3.05, 3.63) is 55.9 Å². The number of hydrogen-bond acceptors (Lipinski definition) is 4. The van der Waals surface area contributed by atoms with E-state index in [4.69, 9.17) is 21.3 Å². The fourth-order valence-corrected chi connectivity index (χ4v) is 5.12. The molecule has 4 rings (SSSR count). The van der Waals surface area contributed by atoms with Crippen LogP contribution in [0.2, 0.25) is 5.02 Å². The number of aryl methyl sites for hydroxylation is 2. The fourth-order valence-electron chi connectivity index (χ4n) is 3.57. The number of hydrogen-bond donors (Lipinski definition) is 0.